The Bertz CT molecular complexity index is 858. The SMILES string of the molecule is C#CCC.C/C=C/CCC.C=CN1CCC(=C(c2ccc(F)cc2)c2ccc(F)cc2)CC1.CC. The lowest BCUT2D eigenvalue weighted by molar-refractivity contribution is 0.351. The van der Waals surface area contributed by atoms with E-state index in [1.165, 1.54) is 42.7 Å². The topological polar surface area (TPSA) is 3.24 Å². The molecule has 3 heteroatoms. The molecular formula is C32H43F2N. The van der Waals surface area contributed by atoms with Crippen LogP contribution in [0.3, 0.4) is 0 Å². The molecule has 1 saturated heterocycles. The second kappa shape index (κ2) is 20.3. The predicted octanol–water partition coefficient (Wildman–Crippen LogP) is 9.42. The van der Waals surface area contributed by atoms with E-state index in [2.05, 4.69) is 43.4 Å². The molecule has 0 aliphatic carbocycles. The van der Waals surface area contributed by atoms with Crippen molar-refractivity contribution in [2.75, 3.05) is 13.1 Å². The van der Waals surface area contributed by atoms with Gasteiger partial charge in [-0.15, -0.1) is 12.3 Å². The number of terminal acetylenes is 1. The van der Waals surface area contributed by atoms with Crippen LogP contribution >= 0.6 is 0 Å². The van der Waals surface area contributed by atoms with Crippen molar-refractivity contribution in [3.63, 3.8) is 0 Å². The maximum atomic E-state index is 13.3. The summed E-state index contributed by atoms with van der Waals surface area (Å²) in [5, 5.41) is 0. The molecule has 2 aromatic rings. The summed E-state index contributed by atoms with van der Waals surface area (Å²) in [4.78, 5) is 2.19. The van der Waals surface area contributed by atoms with Crippen LogP contribution in [0.5, 0.6) is 0 Å². The van der Waals surface area contributed by atoms with Crippen LogP contribution in [0, 0.1) is 24.0 Å². The Morgan fingerprint density at radius 1 is 0.943 bits per heavy atom. The Labute approximate surface area is 213 Å². The van der Waals surface area contributed by atoms with Gasteiger partial charge in [-0.3, -0.25) is 0 Å². The number of unbranched alkanes of at least 4 members (excludes halogenated alkanes) is 1. The van der Waals surface area contributed by atoms with Gasteiger partial charge in [0.25, 0.3) is 0 Å². The number of halogens is 2. The van der Waals surface area contributed by atoms with E-state index < -0.39 is 0 Å². The Morgan fingerprint density at radius 2 is 1.37 bits per heavy atom. The van der Waals surface area contributed by atoms with Crippen LogP contribution in [-0.4, -0.2) is 18.0 Å². The molecule has 2 aromatic carbocycles. The van der Waals surface area contributed by atoms with Gasteiger partial charge in [0.15, 0.2) is 0 Å². The zero-order valence-corrected chi connectivity index (χ0v) is 22.3. The number of piperidine rings is 1. The zero-order chi connectivity index (χ0) is 26.5. The lowest BCUT2D eigenvalue weighted by Crippen LogP contribution is -2.25. The molecule has 35 heavy (non-hydrogen) atoms. The van der Waals surface area contributed by atoms with E-state index >= 15 is 0 Å². The first-order chi connectivity index (χ1) is 17.0. The van der Waals surface area contributed by atoms with Gasteiger partial charge in [0, 0.05) is 19.5 Å². The van der Waals surface area contributed by atoms with Gasteiger partial charge in [0.05, 0.1) is 0 Å². The molecule has 0 amide bonds. The summed E-state index contributed by atoms with van der Waals surface area (Å²) in [6.45, 7) is 15.8. The van der Waals surface area contributed by atoms with E-state index in [-0.39, 0.29) is 11.6 Å². The highest BCUT2D eigenvalue weighted by molar-refractivity contribution is 5.82. The summed E-state index contributed by atoms with van der Waals surface area (Å²) in [5.41, 5.74) is 4.36. The molecule has 0 bridgehead atoms. The molecule has 1 fully saturated rings. The van der Waals surface area contributed by atoms with E-state index in [0.29, 0.717) is 0 Å². The Hall–Kier alpha value is -3.12. The first-order valence-electron chi connectivity index (χ1n) is 12.7. The molecule has 0 saturated carbocycles. The van der Waals surface area contributed by atoms with Crippen LogP contribution in [0.15, 0.2) is 79.0 Å². The number of nitrogens with zero attached hydrogens (tertiary/aromatic N) is 1. The molecule has 1 aliphatic rings. The summed E-state index contributed by atoms with van der Waals surface area (Å²) >= 11 is 0. The van der Waals surface area contributed by atoms with Crippen molar-refractivity contribution in [1.29, 1.82) is 0 Å². The van der Waals surface area contributed by atoms with Gasteiger partial charge in [-0.25, -0.2) is 8.78 Å². The maximum Gasteiger partial charge on any atom is 0.123 e. The van der Waals surface area contributed by atoms with Crippen LogP contribution < -0.4 is 0 Å². The molecule has 0 atom stereocenters. The van der Waals surface area contributed by atoms with Crippen molar-refractivity contribution in [1.82, 2.24) is 4.90 Å². The third-order valence-corrected chi connectivity index (χ3v) is 5.17. The highest BCUT2D eigenvalue weighted by atomic mass is 19.1. The fourth-order valence-electron chi connectivity index (χ4n) is 3.37. The standard InChI is InChI=1S/C20H19F2N.C6H12.C4H6.C2H6/c1-2-23-13-11-17(12-14-23)20(15-3-7-18(21)8-4-15)16-5-9-19(22)10-6-16;1-3-5-6-4-2;1-3-4-2;1-2/h2-10H,1,11-14H2;3,5H,4,6H2,1-2H3;1H,4H2,2H3;1-2H3/b;5-3+;;. The first kappa shape index (κ1) is 31.9. The average Bonchev–Trinajstić information content (AvgIpc) is 2.92. The number of rotatable bonds is 5. The minimum absolute atomic E-state index is 0.251. The van der Waals surface area contributed by atoms with Crippen molar-refractivity contribution in [3.05, 3.63) is 102 Å². The van der Waals surface area contributed by atoms with Gasteiger partial charge in [-0.2, -0.15) is 0 Å². The van der Waals surface area contributed by atoms with Gasteiger partial charge in [0.2, 0.25) is 0 Å². The van der Waals surface area contributed by atoms with E-state index in [9.17, 15) is 8.78 Å². The molecule has 1 nitrogen and oxygen atoms in total. The minimum atomic E-state index is -0.251. The maximum absolute atomic E-state index is 13.3. The van der Waals surface area contributed by atoms with Gasteiger partial charge < -0.3 is 4.90 Å². The Morgan fingerprint density at radius 3 is 1.66 bits per heavy atom. The van der Waals surface area contributed by atoms with Crippen molar-refractivity contribution in [2.24, 2.45) is 0 Å². The molecule has 0 unspecified atom stereocenters. The van der Waals surface area contributed by atoms with Gasteiger partial charge in [0.1, 0.15) is 11.6 Å². The van der Waals surface area contributed by atoms with E-state index in [1.54, 1.807) is 24.3 Å². The van der Waals surface area contributed by atoms with Crippen LogP contribution in [0.1, 0.15) is 77.8 Å². The van der Waals surface area contributed by atoms with Gasteiger partial charge in [-0.1, -0.05) is 82.7 Å². The highest BCUT2D eigenvalue weighted by Gasteiger charge is 2.17. The quantitative estimate of drug-likeness (QED) is 0.305. The number of hydrogen-bond donors (Lipinski definition) is 0. The fraction of sp³-hybridized carbons (Fsp3) is 0.375. The summed E-state index contributed by atoms with van der Waals surface area (Å²) < 4.78 is 26.5. The van der Waals surface area contributed by atoms with E-state index in [0.717, 1.165) is 49.1 Å². The summed E-state index contributed by atoms with van der Waals surface area (Å²) in [6, 6.07) is 13.1. The average molecular weight is 480 g/mol. The monoisotopic (exact) mass is 479 g/mol. The Balaban J connectivity index is 0.000000810. The van der Waals surface area contributed by atoms with Crippen LogP contribution in [-0.2, 0) is 0 Å². The van der Waals surface area contributed by atoms with Crippen molar-refractivity contribution in [3.8, 4) is 12.3 Å². The number of benzene rings is 2. The molecule has 190 valence electrons. The highest BCUT2D eigenvalue weighted by Crippen LogP contribution is 2.32. The second-order valence-electron chi connectivity index (χ2n) is 7.63. The van der Waals surface area contributed by atoms with Gasteiger partial charge in [-0.05, 0) is 73.4 Å². The Kier molecular flexibility index (Phi) is 18.5. The molecular weight excluding hydrogens is 436 g/mol. The van der Waals surface area contributed by atoms with E-state index in [4.69, 9.17) is 6.42 Å². The van der Waals surface area contributed by atoms with Crippen LogP contribution in [0.4, 0.5) is 8.78 Å². The summed E-state index contributed by atoms with van der Waals surface area (Å²) in [7, 11) is 0. The molecule has 1 heterocycles. The molecule has 1 aliphatic heterocycles. The first-order valence-corrected chi connectivity index (χ1v) is 12.7. The predicted molar refractivity (Wildman–Crippen MR) is 150 cm³/mol. The third-order valence-electron chi connectivity index (χ3n) is 5.17. The fourth-order valence-corrected chi connectivity index (χ4v) is 3.37. The van der Waals surface area contributed by atoms with Crippen molar-refractivity contribution >= 4 is 5.57 Å². The number of likely N-dealkylation sites (tertiary alicyclic amines) is 1. The molecule has 0 spiro atoms. The summed E-state index contributed by atoms with van der Waals surface area (Å²) in [6.07, 6.45) is 16.1. The smallest absolute Gasteiger partial charge is 0.123 e. The van der Waals surface area contributed by atoms with Crippen LogP contribution in [0.25, 0.3) is 5.57 Å². The van der Waals surface area contributed by atoms with Crippen LogP contribution in [0.2, 0.25) is 0 Å². The second-order valence-corrected chi connectivity index (χ2v) is 7.63. The van der Waals surface area contributed by atoms with E-state index in [1.807, 2.05) is 27.0 Å². The molecule has 3 rings (SSSR count). The molecule has 0 aromatic heterocycles. The summed E-state index contributed by atoms with van der Waals surface area (Å²) in [5.74, 6) is 1.93. The third kappa shape index (κ3) is 12.8. The minimum Gasteiger partial charge on any atom is -0.377 e. The lowest BCUT2D eigenvalue weighted by Gasteiger charge is -2.29. The number of hydrogen-bond acceptors (Lipinski definition) is 1. The molecule has 0 N–H and O–H groups in total. The lowest BCUT2D eigenvalue weighted by atomic mass is 9.88. The molecule has 0 radical (unpaired) electrons. The number of allylic oxidation sites excluding steroid dienone is 2. The largest absolute Gasteiger partial charge is 0.377 e. The zero-order valence-electron chi connectivity index (χ0n) is 22.3. The van der Waals surface area contributed by atoms with Crippen molar-refractivity contribution in [2.45, 2.75) is 66.7 Å². The normalized spacial score (nSPS) is 12.2. The van der Waals surface area contributed by atoms with Crippen molar-refractivity contribution < 1.29 is 8.78 Å². The van der Waals surface area contributed by atoms with Gasteiger partial charge >= 0.3 is 0 Å².